The van der Waals surface area contributed by atoms with E-state index in [1.807, 2.05) is 18.7 Å². The molecule has 1 rings (SSSR count). The average molecular weight is 253 g/mol. The second-order valence-electron chi connectivity index (χ2n) is 4.30. The molecule has 1 unspecified atom stereocenters. The molecule has 0 spiro atoms. The van der Waals surface area contributed by atoms with E-state index in [1.165, 1.54) is 12.1 Å². The van der Waals surface area contributed by atoms with Crippen LogP contribution in [0.4, 0.5) is 4.39 Å². The smallest absolute Gasteiger partial charge is 0.176 e. The molecule has 1 aromatic carbocycles. The van der Waals surface area contributed by atoms with E-state index in [4.69, 9.17) is 4.74 Å². The van der Waals surface area contributed by atoms with E-state index in [2.05, 4.69) is 0 Å². The summed E-state index contributed by atoms with van der Waals surface area (Å²) in [5.74, 6) is -0.451. The van der Waals surface area contributed by atoms with Crippen LogP contribution in [0.1, 0.15) is 24.2 Å². The van der Waals surface area contributed by atoms with Crippen molar-refractivity contribution in [3.05, 3.63) is 35.6 Å². The molecule has 0 fully saturated rings. The number of ketones is 1. The van der Waals surface area contributed by atoms with Gasteiger partial charge in [0.05, 0.1) is 13.2 Å². The summed E-state index contributed by atoms with van der Waals surface area (Å²) >= 11 is 0. The predicted octanol–water partition coefficient (Wildman–Crippen LogP) is 2.37. The number of halogens is 1. The number of hydrogen-bond acceptors (Lipinski definition) is 3. The van der Waals surface area contributed by atoms with Gasteiger partial charge in [-0.2, -0.15) is 0 Å². The first-order chi connectivity index (χ1) is 8.58. The quantitative estimate of drug-likeness (QED) is 0.699. The Kier molecular flexibility index (Phi) is 5.95. The molecule has 0 N–H and O–H groups in total. The van der Waals surface area contributed by atoms with E-state index < -0.39 is 0 Å². The van der Waals surface area contributed by atoms with Crippen molar-refractivity contribution >= 4 is 5.78 Å². The minimum atomic E-state index is -0.381. The zero-order valence-corrected chi connectivity index (χ0v) is 11.1. The molecule has 4 heteroatoms. The van der Waals surface area contributed by atoms with Crippen molar-refractivity contribution in [3.8, 4) is 0 Å². The molecule has 3 nitrogen and oxygen atoms in total. The number of hydrogen-bond donors (Lipinski definition) is 0. The molecule has 0 saturated heterocycles. The minimum Gasteiger partial charge on any atom is -0.383 e. The molecule has 1 atom stereocenters. The van der Waals surface area contributed by atoms with Gasteiger partial charge in [-0.15, -0.1) is 0 Å². The highest BCUT2D eigenvalue weighted by atomic mass is 19.1. The van der Waals surface area contributed by atoms with Crippen molar-refractivity contribution < 1.29 is 13.9 Å². The second kappa shape index (κ2) is 7.24. The fourth-order valence-corrected chi connectivity index (χ4v) is 1.86. The van der Waals surface area contributed by atoms with Gasteiger partial charge in [0.1, 0.15) is 5.82 Å². The Bertz CT molecular complexity index is 395. The molecule has 0 heterocycles. The SMILES string of the molecule is CCN(CC(=O)c1cccc(F)c1)C(C)COC. The maximum absolute atomic E-state index is 13.0. The molecule has 0 bridgehead atoms. The molecule has 100 valence electrons. The lowest BCUT2D eigenvalue weighted by molar-refractivity contribution is 0.0787. The molecular formula is C14H20FNO2. The van der Waals surface area contributed by atoms with Crippen molar-refractivity contribution in [2.24, 2.45) is 0 Å². The van der Waals surface area contributed by atoms with Crippen molar-refractivity contribution in [2.75, 3.05) is 26.8 Å². The summed E-state index contributed by atoms with van der Waals surface area (Å²) < 4.78 is 18.1. The topological polar surface area (TPSA) is 29.5 Å². The van der Waals surface area contributed by atoms with E-state index in [0.717, 1.165) is 6.54 Å². The van der Waals surface area contributed by atoms with Crippen LogP contribution in [-0.2, 0) is 4.74 Å². The van der Waals surface area contributed by atoms with Crippen LogP contribution in [0, 0.1) is 5.82 Å². The molecule has 0 radical (unpaired) electrons. The molecule has 0 aliphatic rings. The Morgan fingerprint density at radius 3 is 2.78 bits per heavy atom. The third kappa shape index (κ3) is 4.20. The number of ether oxygens (including phenoxy) is 1. The summed E-state index contributed by atoms with van der Waals surface area (Å²) in [5, 5.41) is 0. The van der Waals surface area contributed by atoms with Gasteiger partial charge in [-0.3, -0.25) is 9.69 Å². The lowest BCUT2D eigenvalue weighted by Gasteiger charge is -2.26. The number of rotatable bonds is 7. The van der Waals surface area contributed by atoms with E-state index in [1.54, 1.807) is 19.2 Å². The number of Topliss-reactive ketones (excluding diaryl/α,β-unsaturated/α-hetero) is 1. The highest BCUT2D eigenvalue weighted by Crippen LogP contribution is 2.07. The standard InChI is InChI=1S/C14H20FNO2/c1-4-16(11(2)10-18-3)9-14(17)12-6-5-7-13(15)8-12/h5-8,11H,4,9-10H2,1-3H3. The summed E-state index contributed by atoms with van der Waals surface area (Å²) in [6.07, 6.45) is 0. The molecule has 0 aromatic heterocycles. The van der Waals surface area contributed by atoms with Crippen LogP contribution < -0.4 is 0 Å². The van der Waals surface area contributed by atoms with E-state index in [0.29, 0.717) is 12.2 Å². The normalized spacial score (nSPS) is 12.7. The molecule has 0 amide bonds. The predicted molar refractivity (Wildman–Crippen MR) is 69.3 cm³/mol. The monoisotopic (exact) mass is 253 g/mol. The highest BCUT2D eigenvalue weighted by Gasteiger charge is 2.16. The van der Waals surface area contributed by atoms with E-state index in [9.17, 15) is 9.18 Å². The van der Waals surface area contributed by atoms with Crippen molar-refractivity contribution in [2.45, 2.75) is 19.9 Å². The first-order valence-corrected chi connectivity index (χ1v) is 6.10. The van der Waals surface area contributed by atoms with Crippen LogP contribution in [0.3, 0.4) is 0 Å². The van der Waals surface area contributed by atoms with E-state index >= 15 is 0 Å². The number of benzene rings is 1. The molecule has 18 heavy (non-hydrogen) atoms. The van der Waals surface area contributed by atoms with E-state index in [-0.39, 0.29) is 24.2 Å². The van der Waals surface area contributed by atoms with Crippen molar-refractivity contribution in [1.82, 2.24) is 4.90 Å². The summed E-state index contributed by atoms with van der Waals surface area (Å²) in [6.45, 7) is 5.61. The van der Waals surface area contributed by atoms with Gasteiger partial charge in [0, 0.05) is 18.7 Å². The zero-order valence-electron chi connectivity index (χ0n) is 11.1. The largest absolute Gasteiger partial charge is 0.383 e. The number of methoxy groups -OCH3 is 1. The van der Waals surface area contributed by atoms with Crippen LogP contribution in [0.5, 0.6) is 0 Å². The van der Waals surface area contributed by atoms with Gasteiger partial charge in [0.15, 0.2) is 5.78 Å². The summed E-state index contributed by atoms with van der Waals surface area (Å²) in [5.41, 5.74) is 0.415. The van der Waals surface area contributed by atoms with Crippen LogP contribution in [0.2, 0.25) is 0 Å². The van der Waals surface area contributed by atoms with Crippen LogP contribution in [0.25, 0.3) is 0 Å². The molecule has 0 saturated carbocycles. The Labute approximate surface area is 108 Å². The molecule has 0 aliphatic heterocycles. The first-order valence-electron chi connectivity index (χ1n) is 6.10. The van der Waals surface area contributed by atoms with Gasteiger partial charge >= 0.3 is 0 Å². The number of likely N-dealkylation sites (N-methyl/N-ethyl adjacent to an activating group) is 1. The van der Waals surface area contributed by atoms with Gasteiger partial charge in [0.25, 0.3) is 0 Å². The van der Waals surface area contributed by atoms with Gasteiger partial charge in [-0.1, -0.05) is 19.1 Å². The maximum atomic E-state index is 13.0. The molecule has 0 aliphatic carbocycles. The van der Waals surface area contributed by atoms with Crippen molar-refractivity contribution in [1.29, 1.82) is 0 Å². The number of carbonyl (C=O) groups excluding carboxylic acids is 1. The lowest BCUT2D eigenvalue weighted by atomic mass is 10.1. The summed E-state index contributed by atoms with van der Waals surface area (Å²) in [7, 11) is 1.64. The third-order valence-electron chi connectivity index (χ3n) is 2.93. The highest BCUT2D eigenvalue weighted by molar-refractivity contribution is 5.97. The van der Waals surface area contributed by atoms with Gasteiger partial charge in [-0.05, 0) is 25.6 Å². The van der Waals surface area contributed by atoms with Gasteiger partial charge in [-0.25, -0.2) is 4.39 Å². The summed E-state index contributed by atoms with van der Waals surface area (Å²) in [6, 6.07) is 5.97. The first kappa shape index (κ1) is 14.8. The maximum Gasteiger partial charge on any atom is 0.176 e. The minimum absolute atomic E-state index is 0.0701. The van der Waals surface area contributed by atoms with Crippen LogP contribution in [0.15, 0.2) is 24.3 Å². The third-order valence-corrected chi connectivity index (χ3v) is 2.93. The summed E-state index contributed by atoms with van der Waals surface area (Å²) in [4.78, 5) is 14.0. The lowest BCUT2D eigenvalue weighted by Crippen LogP contribution is -2.39. The second-order valence-corrected chi connectivity index (χ2v) is 4.30. The van der Waals surface area contributed by atoms with Crippen LogP contribution >= 0.6 is 0 Å². The number of carbonyl (C=O) groups is 1. The average Bonchev–Trinajstić information content (AvgIpc) is 2.35. The fraction of sp³-hybridized carbons (Fsp3) is 0.500. The Hall–Kier alpha value is -1.26. The Morgan fingerprint density at radius 2 is 2.22 bits per heavy atom. The Balaban J connectivity index is 2.67. The van der Waals surface area contributed by atoms with Crippen LogP contribution in [-0.4, -0.2) is 43.5 Å². The van der Waals surface area contributed by atoms with Gasteiger partial charge < -0.3 is 4.74 Å². The van der Waals surface area contributed by atoms with Gasteiger partial charge in [0.2, 0.25) is 0 Å². The fourth-order valence-electron chi connectivity index (χ4n) is 1.86. The van der Waals surface area contributed by atoms with Crippen molar-refractivity contribution in [3.63, 3.8) is 0 Å². The zero-order chi connectivity index (χ0) is 13.5. The molecular weight excluding hydrogens is 233 g/mol. The molecule has 1 aromatic rings. The Morgan fingerprint density at radius 1 is 1.50 bits per heavy atom. The number of nitrogens with zero attached hydrogens (tertiary/aromatic N) is 1.